The lowest BCUT2D eigenvalue weighted by Gasteiger charge is -2.31. The van der Waals surface area contributed by atoms with Crippen molar-refractivity contribution in [3.63, 3.8) is 0 Å². The van der Waals surface area contributed by atoms with Crippen molar-refractivity contribution in [1.29, 1.82) is 0 Å². The standard InChI is InChI=1S/C24H30Cl2N2O2S/c1-4-17(3)27-24(30)22(5-2)28(14-19-11-12-20(25)13-21(19)26)23(29)16-31-15-18-9-7-6-8-10-18/h6-13,17,22H,4-5,14-16H2,1-3H3,(H,27,30)/t17-,22+/m1/s1. The van der Waals surface area contributed by atoms with Gasteiger partial charge in [-0.1, -0.05) is 73.4 Å². The van der Waals surface area contributed by atoms with E-state index >= 15 is 0 Å². The van der Waals surface area contributed by atoms with E-state index in [2.05, 4.69) is 5.32 Å². The smallest absolute Gasteiger partial charge is 0.243 e. The highest BCUT2D eigenvalue weighted by molar-refractivity contribution is 7.99. The number of benzene rings is 2. The second-order valence-corrected chi connectivity index (χ2v) is 9.31. The number of nitrogens with zero attached hydrogens (tertiary/aromatic N) is 1. The van der Waals surface area contributed by atoms with Crippen molar-refractivity contribution in [3.05, 3.63) is 69.7 Å². The fourth-order valence-electron chi connectivity index (χ4n) is 3.11. The summed E-state index contributed by atoms with van der Waals surface area (Å²) in [6, 6.07) is 14.7. The number of nitrogens with one attached hydrogen (secondary N) is 1. The summed E-state index contributed by atoms with van der Waals surface area (Å²) in [6.45, 7) is 6.15. The number of hydrogen-bond donors (Lipinski definition) is 1. The first kappa shape index (κ1) is 25.6. The molecule has 2 aromatic rings. The molecule has 0 saturated heterocycles. The van der Waals surface area contributed by atoms with Gasteiger partial charge in [0.2, 0.25) is 11.8 Å². The zero-order chi connectivity index (χ0) is 22.8. The highest BCUT2D eigenvalue weighted by atomic mass is 35.5. The fourth-order valence-corrected chi connectivity index (χ4v) is 4.45. The van der Waals surface area contributed by atoms with E-state index in [0.29, 0.717) is 16.5 Å². The van der Waals surface area contributed by atoms with Gasteiger partial charge in [-0.05, 0) is 43.0 Å². The van der Waals surface area contributed by atoms with Gasteiger partial charge in [0.1, 0.15) is 6.04 Å². The zero-order valence-electron chi connectivity index (χ0n) is 18.2. The van der Waals surface area contributed by atoms with Gasteiger partial charge in [0, 0.05) is 28.4 Å². The van der Waals surface area contributed by atoms with Gasteiger partial charge in [0.15, 0.2) is 0 Å². The van der Waals surface area contributed by atoms with E-state index in [0.717, 1.165) is 23.3 Å². The maximum atomic E-state index is 13.2. The molecule has 31 heavy (non-hydrogen) atoms. The number of rotatable bonds is 11. The first-order valence-electron chi connectivity index (χ1n) is 10.5. The molecule has 7 heteroatoms. The second kappa shape index (κ2) is 13.0. The number of halogens is 2. The largest absolute Gasteiger partial charge is 0.352 e. The quantitative estimate of drug-likeness (QED) is 0.432. The fraction of sp³-hybridized carbons (Fsp3) is 0.417. The minimum absolute atomic E-state index is 0.0464. The molecule has 0 saturated carbocycles. The molecule has 0 radical (unpaired) electrons. The van der Waals surface area contributed by atoms with Crippen LogP contribution in [0.4, 0.5) is 0 Å². The summed E-state index contributed by atoms with van der Waals surface area (Å²) in [4.78, 5) is 27.8. The lowest BCUT2D eigenvalue weighted by molar-refractivity contribution is -0.139. The van der Waals surface area contributed by atoms with Crippen LogP contribution < -0.4 is 5.32 Å². The van der Waals surface area contributed by atoms with Crippen molar-refractivity contribution >= 4 is 46.8 Å². The Kier molecular flexibility index (Phi) is 10.7. The van der Waals surface area contributed by atoms with Gasteiger partial charge >= 0.3 is 0 Å². The molecule has 4 nitrogen and oxygen atoms in total. The monoisotopic (exact) mass is 480 g/mol. The Bertz CT molecular complexity index is 864. The highest BCUT2D eigenvalue weighted by Gasteiger charge is 2.29. The summed E-state index contributed by atoms with van der Waals surface area (Å²) in [5, 5.41) is 4.03. The maximum absolute atomic E-state index is 13.2. The van der Waals surface area contributed by atoms with Crippen LogP contribution in [-0.4, -0.2) is 34.6 Å². The van der Waals surface area contributed by atoms with Crippen LogP contribution in [0.5, 0.6) is 0 Å². The van der Waals surface area contributed by atoms with E-state index in [4.69, 9.17) is 23.2 Å². The van der Waals surface area contributed by atoms with Gasteiger partial charge in [0.25, 0.3) is 0 Å². The zero-order valence-corrected chi connectivity index (χ0v) is 20.6. The van der Waals surface area contributed by atoms with Gasteiger partial charge in [-0.15, -0.1) is 11.8 Å². The number of amides is 2. The van der Waals surface area contributed by atoms with Crippen LogP contribution in [0.1, 0.15) is 44.7 Å². The molecule has 0 heterocycles. The van der Waals surface area contributed by atoms with Crippen LogP contribution in [0.3, 0.4) is 0 Å². The van der Waals surface area contributed by atoms with Crippen molar-refractivity contribution in [2.75, 3.05) is 5.75 Å². The van der Waals surface area contributed by atoms with Crippen LogP contribution in [-0.2, 0) is 21.9 Å². The average Bonchev–Trinajstić information content (AvgIpc) is 2.75. The summed E-state index contributed by atoms with van der Waals surface area (Å²) in [7, 11) is 0. The molecule has 0 aliphatic heterocycles. The van der Waals surface area contributed by atoms with E-state index in [1.54, 1.807) is 34.9 Å². The normalized spacial score (nSPS) is 12.8. The lowest BCUT2D eigenvalue weighted by Crippen LogP contribution is -2.51. The molecule has 0 aromatic heterocycles. The minimum atomic E-state index is -0.564. The second-order valence-electron chi connectivity index (χ2n) is 7.48. The minimum Gasteiger partial charge on any atom is -0.352 e. The summed E-state index contributed by atoms with van der Waals surface area (Å²) in [5.74, 6) is 0.798. The lowest BCUT2D eigenvalue weighted by atomic mass is 10.1. The van der Waals surface area contributed by atoms with E-state index < -0.39 is 6.04 Å². The predicted octanol–water partition coefficient (Wildman–Crippen LogP) is 5.95. The molecule has 0 fully saturated rings. The van der Waals surface area contributed by atoms with Crippen LogP contribution in [0.25, 0.3) is 0 Å². The molecular formula is C24H30Cl2N2O2S. The predicted molar refractivity (Wildman–Crippen MR) is 132 cm³/mol. The third kappa shape index (κ3) is 8.06. The van der Waals surface area contributed by atoms with Gasteiger partial charge in [-0.25, -0.2) is 0 Å². The SMILES string of the molecule is CC[C@@H](C)NC(=O)[C@H](CC)N(Cc1ccc(Cl)cc1Cl)C(=O)CSCc1ccccc1. The van der Waals surface area contributed by atoms with E-state index in [-0.39, 0.29) is 30.2 Å². The Morgan fingerprint density at radius 3 is 2.39 bits per heavy atom. The topological polar surface area (TPSA) is 49.4 Å². The van der Waals surface area contributed by atoms with Crippen molar-refractivity contribution in [3.8, 4) is 0 Å². The molecule has 0 unspecified atom stereocenters. The van der Waals surface area contributed by atoms with Crippen molar-refractivity contribution < 1.29 is 9.59 Å². The Morgan fingerprint density at radius 2 is 1.77 bits per heavy atom. The molecule has 0 aliphatic carbocycles. The molecule has 2 aromatic carbocycles. The number of carbonyl (C=O) groups is 2. The number of carbonyl (C=O) groups excluding carboxylic acids is 2. The van der Waals surface area contributed by atoms with Crippen molar-refractivity contribution in [2.24, 2.45) is 0 Å². The van der Waals surface area contributed by atoms with Gasteiger partial charge in [-0.2, -0.15) is 0 Å². The first-order valence-corrected chi connectivity index (χ1v) is 12.4. The number of hydrogen-bond acceptors (Lipinski definition) is 3. The summed E-state index contributed by atoms with van der Waals surface area (Å²) in [6.07, 6.45) is 1.34. The number of thioether (sulfide) groups is 1. The Hall–Kier alpha value is -1.69. The van der Waals surface area contributed by atoms with E-state index in [1.807, 2.05) is 51.1 Å². The Morgan fingerprint density at radius 1 is 1.06 bits per heavy atom. The van der Waals surface area contributed by atoms with Crippen LogP contribution in [0, 0.1) is 0 Å². The molecule has 0 spiro atoms. The third-order valence-corrected chi connectivity index (χ3v) is 6.66. The van der Waals surface area contributed by atoms with E-state index in [1.165, 1.54) is 0 Å². The average molecular weight is 481 g/mol. The summed E-state index contributed by atoms with van der Waals surface area (Å²) < 4.78 is 0. The highest BCUT2D eigenvalue weighted by Crippen LogP contribution is 2.24. The van der Waals surface area contributed by atoms with Gasteiger partial charge in [-0.3, -0.25) is 9.59 Å². The summed E-state index contributed by atoms with van der Waals surface area (Å²) >= 11 is 13.9. The molecular weight excluding hydrogens is 451 g/mol. The van der Waals surface area contributed by atoms with Gasteiger partial charge in [0.05, 0.1) is 5.75 Å². The van der Waals surface area contributed by atoms with Crippen LogP contribution in [0.2, 0.25) is 10.0 Å². The molecule has 0 aliphatic rings. The molecule has 1 N–H and O–H groups in total. The Balaban J connectivity index is 2.18. The van der Waals surface area contributed by atoms with Crippen LogP contribution >= 0.6 is 35.0 Å². The van der Waals surface area contributed by atoms with Crippen LogP contribution in [0.15, 0.2) is 48.5 Å². The molecule has 168 valence electrons. The maximum Gasteiger partial charge on any atom is 0.243 e. The third-order valence-electron chi connectivity index (χ3n) is 5.08. The Labute approximate surface area is 199 Å². The van der Waals surface area contributed by atoms with E-state index in [9.17, 15) is 9.59 Å². The molecule has 2 rings (SSSR count). The van der Waals surface area contributed by atoms with Crippen molar-refractivity contribution in [1.82, 2.24) is 10.2 Å². The molecule has 2 amide bonds. The summed E-state index contributed by atoms with van der Waals surface area (Å²) in [5.41, 5.74) is 1.93. The van der Waals surface area contributed by atoms with Crippen molar-refractivity contribution in [2.45, 2.75) is 58.0 Å². The first-order chi connectivity index (χ1) is 14.8. The molecule has 2 atom stereocenters. The van der Waals surface area contributed by atoms with Gasteiger partial charge < -0.3 is 10.2 Å². The molecule has 0 bridgehead atoms.